The first-order valence-electron chi connectivity index (χ1n) is 7.59. The maximum atomic E-state index is 11.9. The van der Waals surface area contributed by atoms with Crippen molar-refractivity contribution in [2.24, 2.45) is 0 Å². The van der Waals surface area contributed by atoms with E-state index in [9.17, 15) is 9.59 Å². The first kappa shape index (κ1) is 15.3. The molecule has 1 aliphatic carbocycles. The van der Waals surface area contributed by atoms with Gasteiger partial charge in [-0.1, -0.05) is 31.0 Å². The van der Waals surface area contributed by atoms with Crippen LogP contribution in [0.1, 0.15) is 42.5 Å². The zero-order valence-corrected chi connectivity index (χ0v) is 13.5. The molecule has 2 aliphatic rings. The Morgan fingerprint density at radius 1 is 1.36 bits per heavy atom. The zero-order chi connectivity index (χ0) is 15.6. The zero-order valence-electron chi connectivity index (χ0n) is 12.7. The number of aromatic nitrogens is 2. The van der Waals surface area contributed by atoms with Crippen molar-refractivity contribution in [2.75, 3.05) is 24.2 Å². The normalized spacial score (nSPS) is 20.8. The largest absolute Gasteiger partial charge is 0.352 e. The number of hydrogen-bond donors (Lipinski definition) is 1. The maximum Gasteiger partial charge on any atom is 0.239 e. The summed E-state index contributed by atoms with van der Waals surface area (Å²) < 4.78 is 0. The molecular formula is C15H20N4O2S. The summed E-state index contributed by atoms with van der Waals surface area (Å²) in [5, 5.41) is 3.61. The second kappa shape index (κ2) is 6.24. The Balaban J connectivity index is 2.05. The molecule has 22 heavy (non-hydrogen) atoms. The molecule has 1 N–H and O–H groups in total. The fraction of sp³-hybridized carbons (Fsp3) is 0.600. The van der Waals surface area contributed by atoms with Crippen LogP contribution >= 0.6 is 11.8 Å². The monoisotopic (exact) mass is 320 g/mol. The van der Waals surface area contributed by atoms with Crippen molar-refractivity contribution in [3.8, 4) is 0 Å². The van der Waals surface area contributed by atoms with Gasteiger partial charge in [0.2, 0.25) is 5.91 Å². The average molecular weight is 320 g/mol. The second-order valence-corrected chi connectivity index (χ2v) is 6.67. The van der Waals surface area contributed by atoms with Crippen molar-refractivity contribution in [3.05, 3.63) is 11.8 Å². The van der Waals surface area contributed by atoms with Gasteiger partial charge in [-0.25, -0.2) is 9.97 Å². The lowest BCUT2D eigenvalue weighted by molar-refractivity contribution is -0.121. The van der Waals surface area contributed by atoms with Crippen LogP contribution in [0.15, 0.2) is 11.4 Å². The Labute approximate surface area is 134 Å². The third-order valence-corrected chi connectivity index (χ3v) is 5.17. The topological polar surface area (TPSA) is 75.2 Å². The van der Waals surface area contributed by atoms with Gasteiger partial charge in [0.1, 0.15) is 5.82 Å². The number of amides is 1. The minimum absolute atomic E-state index is 0.0163. The minimum Gasteiger partial charge on any atom is -0.352 e. The summed E-state index contributed by atoms with van der Waals surface area (Å²) in [6.07, 6.45) is 9.79. The highest BCUT2D eigenvalue weighted by Gasteiger charge is 2.43. The summed E-state index contributed by atoms with van der Waals surface area (Å²) >= 11 is 1.44. The van der Waals surface area contributed by atoms with E-state index < -0.39 is 0 Å². The Morgan fingerprint density at radius 2 is 2.14 bits per heavy atom. The van der Waals surface area contributed by atoms with Gasteiger partial charge in [-0.2, -0.15) is 0 Å². The molecule has 1 spiro atoms. The summed E-state index contributed by atoms with van der Waals surface area (Å²) in [5.74, 6) is 0.587. The highest BCUT2D eigenvalue weighted by molar-refractivity contribution is 7.98. The lowest BCUT2D eigenvalue weighted by Gasteiger charge is -2.50. The molecule has 2 fully saturated rings. The lowest BCUT2D eigenvalue weighted by atomic mass is 9.79. The third-order valence-electron chi connectivity index (χ3n) is 4.61. The van der Waals surface area contributed by atoms with E-state index in [4.69, 9.17) is 0 Å². The van der Waals surface area contributed by atoms with Gasteiger partial charge in [-0.15, -0.1) is 0 Å². The quantitative estimate of drug-likeness (QED) is 0.518. The van der Waals surface area contributed by atoms with E-state index in [0.29, 0.717) is 23.1 Å². The molecule has 0 unspecified atom stereocenters. The van der Waals surface area contributed by atoms with Crippen LogP contribution in [0.25, 0.3) is 0 Å². The van der Waals surface area contributed by atoms with Crippen molar-refractivity contribution in [1.29, 1.82) is 0 Å². The number of anilines is 1. The van der Waals surface area contributed by atoms with Crippen molar-refractivity contribution < 1.29 is 9.59 Å². The molecule has 1 aromatic rings. The standard InChI is InChI=1S/C15H20N4O2S/c1-22-14-16-7-11(9-20)13(18-14)19-8-12(21)17-10-15(19)5-3-2-4-6-15/h7,9H,2-6,8,10H2,1H3,(H,17,21). The number of carbonyl (C=O) groups is 2. The molecule has 1 aliphatic heterocycles. The number of hydrogen-bond acceptors (Lipinski definition) is 6. The number of thioether (sulfide) groups is 1. The molecule has 6 nitrogen and oxygen atoms in total. The van der Waals surface area contributed by atoms with Crippen LogP contribution in [0.3, 0.4) is 0 Å². The summed E-state index contributed by atoms with van der Waals surface area (Å²) in [5.41, 5.74) is 0.339. The lowest BCUT2D eigenvalue weighted by Crippen LogP contribution is -2.64. The Bertz CT molecular complexity index is 587. The number of rotatable bonds is 3. The number of carbonyl (C=O) groups excluding carboxylic acids is 2. The molecule has 1 saturated heterocycles. The van der Waals surface area contributed by atoms with E-state index in [1.165, 1.54) is 18.2 Å². The first-order chi connectivity index (χ1) is 10.7. The van der Waals surface area contributed by atoms with Gasteiger partial charge in [-0.3, -0.25) is 9.59 Å². The van der Waals surface area contributed by atoms with Crippen LogP contribution in [-0.2, 0) is 4.79 Å². The van der Waals surface area contributed by atoms with Crippen LogP contribution in [-0.4, -0.2) is 47.0 Å². The Morgan fingerprint density at radius 3 is 2.82 bits per heavy atom. The highest BCUT2D eigenvalue weighted by atomic mass is 32.2. The molecule has 1 aromatic heterocycles. The van der Waals surface area contributed by atoms with Crippen LogP contribution in [0.2, 0.25) is 0 Å². The number of nitrogens with zero attached hydrogens (tertiary/aromatic N) is 3. The number of piperazine rings is 1. The van der Waals surface area contributed by atoms with E-state index in [1.54, 1.807) is 6.20 Å². The predicted octanol–water partition coefficient (Wildman–Crippen LogP) is 1.65. The molecule has 0 bridgehead atoms. The van der Waals surface area contributed by atoms with E-state index in [2.05, 4.69) is 20.2 Å². The van der Waals surface area contributed by atoms with Gasteiger partial charge in [0.15, 0.2) is 11.4 Å². The van der Waals surface area contributed by atoms with E-state index >= 15 is 0 Å². The van der Waals surface area contributed by atoms with Crippen molar-refractivity contribution in [3.63, 3.8) is 0 Å². The minimum atomic E-state index is -0.117. The molecule has 0 aromatic carbocycles. The molecule has 2 heterocycles. The molecular weight excluding hydrogens is 300 g/mol. The Kier molecular flexibility index (Phi) is 4.33. The van der Waals surface area contributed by atoms with E-state index in [0.717, 1.165) is 32.0 Å². The van der Waals surface area contributed by atoms with Gasteiger partial charge in [0, 0.05) is 12.7 Å². The SMILES string of the molecule is CSc1ncc(C=O)c(N2CC(=O)NCC23CCCCC3)n1. The predicted molar refractivity (Wildman–Crippen MR) is 85.4 cm³/mol. The van der Waals surface area contributed by atoms with Crippen LogP contribution in [0, 0.1) is 0 Å². The maximum absolute atomic E-state index is 11.9. The van der Waals surface area contributed by atoms with Gasteiger partial charge >= 0.3 is 0 Å². The van der Waals surface area contributed by atoms with Gasteiger partial charge in [0.05, 0.1) is 17.6 Å². The molecule has 3 rings (SSSR count). The average Bonchev–Trinajstić information content (AvgIpc) is 2.57. The van der Waals surface area contributed by atoms with Crippen molar-refractivity contribution in [2.45, 2.75) is 42.8 Å². The third kappa shape index (κ3) is 2.69. The van der Waals surface area contributed by atoms with Crippen LogP contribution in [0.4, 0.5) is 5.82 Å². The second-order valence-electron chi connectivity index (χ2n) is 5.90. The van der Waals surface area contributed by atoms with Gasteiger partial charge in [0.25, 0.3) is 0 Å². The molecule has 1 saturated carbocycles. The van der Waals surface area contributed by atoms with E-state index in [-0.39, 0.29) is 18.0 Å². The molecule has 0 radical (unpaired) electrons. The fourth-order valence-corrected chi connectivity index (χ4v) is 3.78. The van der Waals surface area contributed by atoms with Crippen LogP contribution in [0.5, 0.6) is 0 Å². The molecule has 7 heteroatoms. The van der Waals surface area contributed by atoms with Gasteiger partial charge < -0.3 is 10.2 Å². The smallest absolute Gasteiger partial charge is 0.239 e. The molecule has 0 atom stereocenters. The van der Waals surface area contributed by atoms with Crippen molar-refractivity contribution in [1.82, 2.24) is 15.3 Å². The van der Waals surface area contributed by atoms with Gasteiger partial charge in [-0.05, 0) is 19.1 Å². The summed E-state index contributed by atoms with van der Waals surface area (Å²) in [4.78, 5) is 34.1. The summed E-state index contributed by atoms with van der Waals surface area (Å²) in [7, 11) is 0. The molecule has 118 valence electrons. The van der Waals surface area contributed by atoms with Crippen LogP contribution < -0.4 is 10.2 Å². The number of aldehydes is 1. The van der Waals surface area contributed by atoms with E-state index in [1.807, 2.05) is 6.26 Å². The molecule has 1 amide bonds. The van der Waals surface area contributed by atoms with Crippen molar-refractivity contribution >= 4 is 29.8 Å². The first-order valence-corrected chi connectivity index (χ1v) is 8.81. The highest BCUT2D eigenvalue weighted by Crippen LogP contribution is 2.38. The Hall–Kier alpha value is -1.63. The fourth-order valence-electron chi connectivity index (χ4n) is 3.45. The summed E-state index contributed by atoms with van der Waals surface area (Å²) in [6.45, 7) is 0.883. The summed E-state index contributed by atoms with van der Waals surface area (Å²) in [6, 6.07) is 0. The number of nitrogens with one attached hydrogen (secondary N) is 1.